The average Bonchev–Trinajstić information content (AvgIpc) is 2.39. The van der Waals surface area contributed by atoms with Crippen LogP contribution in [-0.4, -0.2) is 7.05 Å². The molecule has 0 saturated heterocycles. The highest BCUT2D eigenvalue weighted by Crippen LogP contribution is 2.19. The Morgan fingerprint density at radius 3 is 2.63 bits per heavy atom. The standard InChI is InChI=1S/C15H16ClNO.ClH/c1-17-10-12-5-4-7-14(9-12)18-11-13-6-2-3-8-15(13)16;/h2-9,17H,10-11H2,1H3;1H/p-1. The van der Waals surface area contributed by atoms with Crippen molar-refractivity contribution in [2.75, 3.05) is 7.05 Å². The minimum atomic E-state index is 0. The first-order chi connectivity index (χ1) is 8.79. The van der Waals surface area contributed by atoms with Crippen LogP contribution >= 0.6 is 11.6 Å². The molecule has 19 heavy (non-hydrogen) atoms. The van der Waals surface area contributed by atoms with Gasteiger partial charge in [0.15, 0.2) is 0 Å². The van der Waals surface area contributed by atoms with Gasteiger partial charge in [0.05, 0.1) is 0 Å². The molecular weight excluding hydrogens is 281 g/mol. The number of ether oxygens (including phenoxy) is 1. The molecule has 1 N–H and O–H groups in total. The van der Waals surface area contributed by atoms with E-state index in [1.54, 1.807) is 0 Å². The number of hydrogen-bond donors (Lipinski definition) is 1. The van der Waals surface area contributed by atoms with E-state index in [9.17, 15) is 0 Å². The summed E-state index contributed by atoms with van der Waals surface area (Å²) in [4.78, 5) is 0. The molecule has 2 aromatic rings. The van der Waals surface area contributed by atoms with Crippen molar-refractivity contribution < 1.29 is 17.1 Å². The molecular formula is C15H16Cl2NO-. The molecule has 2 nitrogen and oxygen atoms in total. The van der Waals surface area contributed by atoms with Crippen LogP contribution in [-0.2, 0) is 13.2 Å². The molecule has 0 fully saturated rings. The molecule has 0 heterocycles. The fraction of sp³-hybridized carbons (Fsp3) is 0.200. The van der Waals surface area contributed by atoms with E-state index >= 15 is 0 Å². The Hall–Kier alpha value is -1.22. The fourth-order valence-corrected chi connectivity index (χ4v) is 1.92. The smallest absolute Gasteiger partial charge is 0.120 e. The number of rotatable bonds is 5. The van der Waals surface area contributed by atoms with E-state index in [1.807, 2.05) is 49.5 Å². The van der Waals surface area contributed by atoms with Gasteiger partial charge in [-0.3, -0.25) is 0 Å². The van der Waals surface area contributed by atoms with E-state index in [-0.39, 0.29) is 12.4 Å². The number of nitrogens with one attached hydrogen (secondary N) is 1. The summed E-state index contributed by atoms with van der Waals surface area (Å²) in [6.45, 7) is 1.33. The first-order valence-electron chi connectivity index (χ1n) is 5.89. The molecule has 0 bridgehead atoms. The van der Waals surface area contributed by atoms with Gasteiger partial charge in [0.1, 0.15) is 12.4 Å². The van der Waals surface area contributed by atoms with E-state index in [0.717, 1.165) is 22.9 Å². The van der Waals surface area contributed by atoms with Crippen LogP contribution in [0, 0.1) is 0 Å². The highest BCUT2D eigenvalue weighted by Gasteiger charge is 2.01. The molecule has 0 aliphatic carbocycles. The molecule has 0 saturated carbocycles. The average molecular weight is 297 g/mol. The van der Waals surface area contributed by atoms with Gasteiger partial charge in [-0.1, -0.05) is 41.9 Å². The molecule has 102 valence electrons. The zero-order valence-corrected chi connectivity index (χ0v) is 12.2. The van der Waals surface area contributed by atoms with Crippen molar-refractivity contribution in [1.82, 2.24) is 5.32 Å². The summed E-state index contributed by atoms with van der Waals surface area (Å²) in [7, 11) is 1.93. The molecule has 0 spiro atoms. The Kier molecular flexibility index (Phi) is 6.71. The largest absolute Gasteiger partial charge is 1.00 e. The minimum absolute atomic E-state index is 0. The monoisotopic (exact) mass is 296 g/mol. The third kappa shape index (κ3) is 4.75. The summed E-state index contributed by atoms with van der Waals surface area (Å²) in [6, 6.07) is 15.8. The van der Waals surface area contributed by atoms with E-state index in [4.69, 9.17) is 16.3 Å². The van der Waals surface area contributed by atoms with Gasteiger partial charge in [0.25, 0.3) is 0 Å². The summed E-state index contributed by atoms with van der Waals surface area (Å²) >= 11 is 6.08. The van der Waals surface area contributed by atoms with Gasteiger partial charge in [0, 0.05) is 17.1 Å². The van der Waals surface area contributed by atoms with Crippen molar-refractivity contribution in [3.05, 3.63) is 64.7 Å². The second-order valence-corrected chi connectivity index (χ2v) is 4.47. The van der Waals surface area contributed by atoms with Gasteiger partial charge in [-0.15, -0.1) is 0 Å². The zero-order chi connectivity index (χ0) is 12.8. The molecule has 0 aromatic heterocycles. The molecule has 0 radical (unpaired) electrons. The van der Waals surface area contributed by atoms with Crippen LogP contribution in [0.15, 0.2) is 48.5 Å². The van der Waals surface area contributed by atoms with Crippen LogP contribution in [0.2, 0.25) is 5.02 Å². The van der Waals surface area contributed by atoms with Crippen LogP contribution in [0.25, 0.3) is 0 Å². The molecule has 0 unspecified atom stereocenters. The summed E-state index contributed by atoms with van der Waals surface area (Å²) < 4.78 is 5.75. The van der Waals surface area contributed by atoms with Gasteiger partial charge in [-0.2, -0.15) is 0 Å². The number of hydrogen-bond acceptors (Lipinski definition) is 2. The molecule has 0 aliphatic heterocycles. The van der Waals surface area contributed by atoms with Gasteiger partial charge < -0.3 is 22.5 Å². The van der Waals surface area contributed by atoms with Gasteiger partial charge in [0.2, 0.25) is 0 Å². The number of benzene rings is 2. The molecule has 4 heteroatoms. The lowest BCUT2D eigenvalue weighted by atomic mass is 10.2. The van der Waals surface area contributed by atoms with Crippen LogP contribution in [0.5, 0.6) is 5.75 Å². The van der Waals surface area contributed by atoms with Gasteiger partial charge >= 0.3 is 0 Å². The van der Waals surface area contributed by atoms with Crippen LogP contribution in [0.3, 0.4) is 0 Å². The second kappa shape index (κ2) is 8.05. The molecule has 0 aliphatic rings. The summed E-state index contributed by atoms with van der Waals surface area (Å²) in [6.07, 6.45) is 0. The Morgan fingerprint density at radius 1 is 1.11 bits per heavy atom. The van der Waals surface area contributed by atoms with E-state index in [2.05, 4.69) is 11.4 Å². The maximum Gasteiger partial charge on any atom is 0.120 e. The van der Waals surface area contributed by atoms with Gasteiger partial charge in [-0.25, -0.2) is 0 Å². The van der Waals surface area contributed by atoms with Crippen molar-refractivity contribution in [2.45, 2.75) is 13.2 Å². The van der Waals surface area contributed by atoms with E-state index in [0.29, 0.717) is 6.61 Å². The zero-order valence-electron chi connectivity index (χ0n) is 10.7. The Bertz CT molecular complexity index is 517. The third-order valence-electron chi connectivity index (χ3n) is 2.63. The van der Waals surface area contributed by atoms with Crippen molar-refractivity contribution >= 4 is 11.6 Å². The predicted molar refractivity (Wildman–Crippen MR) is 75.0 cm³/mol. The highest BCUT2D eigenvalue weighted by atomic mass is 35.5. The Labute approximate surface area is 125 Å². The van der Waals surface area contributed by atoms with Crippen molar-refractivity contribution in [3.63, 3.8) is 0 Å². The first kappa shape index (κ1) is 15.8. The lowest BCUT2D eigenvalue weighted by Crippen LogP contribution is -3.00. The molecule has 0 atom stereocenters. The van der Waals surface area contributed by atoms with Crippen LogP contribution < -0.4 is 22.5 Å². The van der Waals surface area contributed by atoms with Crippen LogP contribution in [0.4, 0.5) is 0 Å². The van der Waals surface area contributed by atoms with Crippen molar-refractivity contribution in [3.8, 4) is 5.75 Å². The van der Waals surface area contributed by atoms with Crippen LogP contribution in [0.1, 0.15) is 11.1 Å². The Balaban J connectivity index is 0.00000180. The lowest BCUT2D eigenvalue weighted by Gasteiger charge is -2.09. The predicted octanol–water partition coefficient (Wildman–Crippen LogP) is 0.642. The molecule has 2 rings (SSSR count). The van der Waals surface area contributed by atoms with E-state index in [1.165, 1.54) is 5.56 Å². The van der Waals surface area contributed by atoms with E-state index < -0.39 is 0 Å². The van der Waals surface area contributed by atoms with Gasteiger partial charge in [-0.05, 0) is 30.8 Å². The Morgan fingerprint density at radius 2 is 1.89 bits per heavy atom. The third-order valence-corrected chi connectivity index (χ3v) is 3.00. The quantitative estimate of drug-likeness (QED) is 0.875. The number of halogens is 2. The fourth-order valence-electron chi connectivity index (χ4n) is 1.73. The summed E-state index contributed by atoms with van der Waals surface area (Å²) in [5.74, 6) is 0.864. The normalized spacial score (nSPS) is 9.79. The maximum atomic E-state index is 6.08. The second-order valence-electron chi connectivity index (χ2n) is 4.06. The minimum Gasteiger partial charge on any atom is -1.00 e. The molecule has 0 amide bonds. The molecule has 2 aromatic carbocycles. The van der Waals surface area contributed by atoms with Crippen molar-refractivity contribution in [2.24, 2.45) is 0 Å². The first-order valence-corrected chi connectivity index (χ1v) is 6.27. The lowest BCUT2D eigenvalue weighted by molar-refractivity contribution is -0.00000400. The maximum absolute atomic E-state index is 6.08. The topological polar surface area (TPSA) is 21.3 Å². The summed E-state index contributed by atoms with van der Waals surface area (Å²) in [5.41, 5.74) is 2.20. The highest BCUT2D eigenvalue weighted by molar-refractivity contribution is 6.31. The summed E-state index contributed by atoms with van der Waals surface area (Å²) in [5, 5.41) is 3.86. The van der Waals surface area contributed by atoms with Crippen molar-refractivity contribution in [1.29, 1.82) is 0 Å². The SMILES string of the molecule is CNCc1cccc(OCc2ccccc2Cl)c1.[Cl-].